The fourth-order valence-corrected chi connectivity index (χ4v) is 3.27. The maximum absolute atomic E-state index is 4.61. The van der Waals surface area contributed by atoms with Crippen molar-refractivity contribution in [2.24, 2.45) is 0 Å². The molecular weight excluding hydrogens is 204 g/mol. The number of thiazole rings is 1. The van der Waals surface area contributed by atoms with Gasteiger partial charge in [0, 0.05) is 10.9 Å². The van der Waals surface area contributed by atoms with Crippen LogP contribution in [0.5, 0.6) is 0 Å². The first-order chi connectivity index (χ1) is 7.31. The van der Waals surface area contributed by atoms with Gasteiger partial charge in [-0.15, -0.1) is 11.3 Å². The Bertz CT molecular complexity index is 319. The lowest BCUT2D eigenvalue weighted by molar-refractivity contribution is 0.458. The monoisotopic (exact) mass is 224 g/mol. The quantitative estimate of drug-likeness (QED) is 0.794. The summed E-state index contributed by atoms with van der Waals surface area (Å²) in [5.41, 5.74) is 1.36. The largest absolute Gasteiger partial charge is 0.309 e. The third kappa shape index (κ3) is 2.58. The molecule has 1 atom stereocenters. The van der Waals surface area contributed by atoms with Crippen LogP contribution < -0.4 is 5.32 Å². The van der Waals surface area contributed by atoms with Crippen LogP contribution in [0.3, 0.4) is 0 Å². The first kappa shape index (κ1) is 11.1. The van der Waals surface area contributed by atoms with Gasteiger partial charge in [0.1, 0.15) is 0 Å². The van der Waals surface area contributed by atoms with Crippen LogP contribution in [0.4, 0.5) is 0 Å². The van der Waals surface area contributed by atoms with Crippen molar-refractivity contribution in [3.8, 4) is 0 Å². The Balaban J connectivity index is 2.01. The number of hydrogen-bond donors (Lipinski definition) is 1. The van der Waals surface area contributed by atoms with Gasteiger partial charge in [-0.05, 0) is 39.2 Å². The van der Waals surface area contributed by atoms with E-state index >= 15 is 0 Å². The average molecular weight is 224 g/mol. The molecule has 84 valence electrons. The highest BCUT2D eigenvalue weighted by molar-refractivity contribution is 7.11. The van der Waals surface area contributed by atoms with Gasteiger partial charge in [0.05, 0.1) is 10.7 Å². The topological polar surface area (TPSA) is 24.9 Å². The molecule has 1 aromatic heterocycles. The lowest BCUT2D eigenvalue weighted by Gasteiger charge is -2.22. The number of aryl methyl sites for hydroxylation is 2. The summed E-state index contributed by atoms with van der Waals surface area (Å²) in [7, 11) is 0. The average Bonchev–Trinajstić information content (AvgIpc) is 2.59. The third-order valence-electron chi connectivity index (χ3n) is 2.98. The molecule has 3 heteroatoms. The molecule has 2 nitrogen and oxygen atoms in total. The summed E-state index contributed by atoms with van der Waals surface area (Å²) >= 11 is 1.88. The molecule has 1 aliphatic carbocycles. The van der Waals surface area contributed by atoms with Crippen LogP contribution in [0.25, 0.3) is 0 Å². The minimum atomic E-state index is 0.589. The van der Waals surface area contributed by atoms with E-state index in [0.29, 0.717) is 6.04 Å². The van der Waals surface area contributed by atoms with Crippen molar-refractivity contribution >= 4 is 11.3 Å². The number of fused-ring (bicyclic) bond motifs is 1. The fourth-order valence-electron chi connectivity index (χ4n) is 2.19. The minimum Gasteiger partial charge on any atom is -0.309 e. The van der Waals surface area contributed by atoms with Crippen LogP contribution in [-0.2, 0) is 6.42 Å². The molecule has 1 N–H and O–H groups in total. The lowest BCUT2D eigenvalue weighted by Crippen LogP contribution is -2.25. The number of nitrogens with zero attached hydrogens (tertiary/aromatic N) is 1. The molecule has 1 heterocycles. The van der Waals surface area contributed by atoms with Crippen molar-refractivity contribution in [3.05, 3.63) is 15.6 Å². The van der Waals surface area contributed by atoms with Crippen LogP contribution in [0.15, 0.2) is 0 Å². The molecule has 0 aromatic carbocycles. The summed E-state index contributed by atoms with van der Waals surface area (Å²) in [6.45, 7) is 5.51. The summed E-state index contributed by atoms with van der Waals surface area (Å²) < 4.78 is 0. The molecule has 1 aliphatic rings. The smallest absolute Gasteiger partial charge is 0.0900 e. The second-order valence-electron chi connectivity index (χ2n) is 4.30. The molecule has 0 aliphatic heterocycles. The minimum absolute atomic E-state index is 0.589. The van der Waals surface area contributed by atoms with Gasteiger partial charge < -0.3 is 5.32 Å². The molecule has 1 unspecified atom stereocenters. The van der Waals surface area contributed by atoms with E-state index in [1.54, 1.807) is 0 Å². The molecule has 0 fully saturated rings. The van der Waals surface area contributed by atoms with E-state index in [9.17, 15) is 0 Å². The van der Waals surface area contributed by atoms with Gasteiger partial charge in [-0.2, -0.15) is 0 Å². The standard InChI is InChI=1S/C12H20N2S/c1-3-4-8-13-10-6-5-7-11-12(10)15-9(2)14-11/h10,13H,3-8H2,1-2H3. The summed E-state index contributed by atoms with van der Waals surface area (Å²) in [6.07, 6.45) is 6.32. The Labute approximate surface area is 96.1 Å². The number of rotatable bonds is 4. The van der Waals surface area contributed by atoms with Gasteiger partial charge in [0.2, 0.25) is 0 Å². The number of aromatic nitrogens is 1. The maximum Gasteiger partial charge on any atom is 0.0900 e. The Morgan fingerprint density at radius 2 is 2.40 bits per heavy atom. The molecule has 0 saturated heterocycles. The van der Waals surface area contributed by atoms with E-state index in [1.807, 2.05) is 11.3 Å². The summed E-state index contributed by atoms with van der Waals surface area (Å²) in [6, 6.07) is 0.589. The molecule has 0 bridgehead atoms. The van der Waals surface area contributed by atoms with E-state index in [1.165, 1.54) is 47.7 Å². The van der Waals surface area contributed by atoms with Crippen molar-refractivity contribution in [1.29, 1.82) is 0 Å². The van der Waals surface area contributed by atoms with Crippen molar-refractivity contribution in [2.75, 3.05) is 6.54 Å². The Morgan fingerprint density at radius 1 is 1.53 bits per heavy atom. The zero-order valence-corrected chi connectivity index (χ0v) is 10.5. The molecule has 0 amide bonds. The van der Waals surface area contributed by atoms with Crippen molar-refractivity contribution in [2.45, 2.75) is 52.0 Å². The molecule has 0 spiro atoms. The third-order valence-corrected chi connectivity index (χ3v) is 4.11. The van der Waals surface area contributed by atoms with Gasteiger partial charge in [-0.3, -0.25) is 0 Å². The second kappa shape index (κ2) is 5.08. The van der Waals surface area contributed by atoms with Crippen LogP contribution in [0, 0.1) is 6.92 Å². The SMILES string of the molecule is CCCCNC1CCCc2nc(C)sc21. The normalized spacial score (nSPS) is 20.3. The van der Waals surface area contributed by atoms with Crippen LogP contribution >= 0.6 is 11.3 Å². The highest BCUT2D eigenvalue weighted by Crippen LogP contribution is 2.33. The second-order valence-corrected chi connectivity index (χ2v) is 5.53. The van der Waals surface area contributed by atoms with Gasteiger partial charge >= 0.3 is 0 Å². The van der Waals surface area contributed by atoms with Gasteiger partial charge in [-0.1, -0.05) is 13.3 Å². The van der Waals surface area contributed by atoms with Crippen molar-refractivity contribution in [1.82, 2.24) is 10.3 Å². The van der Waals surface area contributed by atoms with Crippen molar-refractivity contribution < 1.29 is 0 Å². The molecule has 2 rings (SSSR count). The van der Waals surface area contributed by atoms with Gasteiger partial charge in [0.15, 0.2) is 0 Å². The van der Waals surface area contributed by atoms with Crippen LogP contribution in [0.2, 0.25) is 0 Å². The first-order valence-electron chi connectivity index (χ1n) is 6.01. The number of unbranched alkanes of at least 4 members (excludes halogenated alkanes) is 1. The first-order valence-corrected chi connectivity index (χ1v) is 6.82. The van der Waals surface area contributed by atoms with Crippen LogP contribution in [0.1, 0.15) is 54.2 Å². The molecule has 15 heavy (non-hydrogen) atoms. The molecular formula is C12H20N2S. The lowest BCUT2D eigenvalue weighted by atomic mass is 9.98. The van der Waals surface area contributed by atoms with Gasteiger partial charge in [-0.25, -0.2) is 4.98 Å². The van der Waals surface area contributed by atoms with Crippen molar-refractivity contribution in [3.63, 3.8) is 0 Å². The molecule has 0 radical (unpaired) electrons. The Morgan fingerprint density at radius 3 is 3.20 bits per heavy atom. The maximum atomic E-state index is 4.61. The summed E-state index contributed by atoms with van der Waals surface area (Å²) in [4.78, 5) is 6.12. The highest BCUT2D eigenvalue weighted by atomic mass is 32.1. The van der Waals surface area contributed by atoms with Gasteiger partial charge in [0.25, 0.3) is 0 Å². The van der Waals surface area contributed by atoms with E-state index < -0.39 is 0 Å². The zero-order chi connectivity index (χ0) is 10.7. The van der Waals surface area contributed by atoms with E-state index in [2.05, 4.69) is 24.1 Å². The number of hydrogen-bond acceptors (Lipinski definition) is 3. The Kier molecular flexibility index (Phi) is 3.76. The molecule has 1 aromatic rings. The van der Waals surface area contributed by atoms with E-state index in [0.717, 1.165) is 6.54 Å². The number of nitrogens with one attached hydrogen (secondary N) is 1. The Hall–Kier alpha value is -0.410. The zero-order valence-electron chi connectivity index (χ0n) is 9.68. The highest BCUT2D eigenvalue weighted by Gasteiger charge is 2.22. The van der Waals surface area contributed by atoms with E-state index in [-0.39, 0.29) is 0 Å². The predicted molar refractivity (Wildman–Crippen MR) is 65.4 cm³/mol. The van der Waals surface area contributed by atoms with E-state index in [4.69, 9.17) is 0 Å². The summed E-state index contributed by atoms with van der Waals surface area (Å²) in [5.74, 6) is 0. The fraction of sp³-hybridized carbons (Fsp3) is 0.750. The van der Waals surface area contributed by atoms with Crippen LogP contribution in [-0.4, -0.2) is 11.5 Å². The summed E-state index contributed by atoms with van der Waals surface area (Å²) in [5, 5.41) is 4.89. The molecule has 0 saturated carbocycles. The predicted octanol–water partition coefficient (Wildman–Crippen LogP) is 3.22.